The van der Waals surface area contributed by atoms with Crippen LogP contribution in [0.25, 0.3) is 0 Å². The molecule has 3 N–H and O–H groups in total. The van der Waals surface area contributed by atoms with Crippen molar-refractivity contribution in [1.82, 2.24) is 0 Å². The molecular formula is C22H22FN3. The fourth-order valence-corrected chi connectivity index (χ4v) is 2.44. The first-order valence-corrected chi connectivity index (χ1v) is 8.32. The zero-order valence-electron chi connectivity index (χ0n) is 14.8. The number of nitrogens with one attached hydrogen (secondary N) is 1. The van der Waals surface area contributed by atoms with Gasteiger partial charge in [0.05, 0.1) is 5.57 Å². The highest BCUT2D eigenvalue weighted by Gasteiger charge is 2.07. The standard InChI is InChI=1S/C22H22FN3/c1-16-3-11-22(12-4-16)26-17(2)20(13-19(14-24)15-25)8-5-18-6-9-21(23)10-7-18/h3-4,6-7,9-14,26H,2,5,8,24H2,1H3/b19-14+,20-13+. The van der Waals surface area contributed by atoms with Crippen molar-refractivity contribution < 1.29 is 4.39 Å². The first-order valence-electron chi connectivity index (χ1n) is 8.32. The van der Waals surface area contributed by atoms with Crippen molar-refractivity contribution in [1.29, 1.82) is 5.26 Å². The number of rotatable bonds is 7. The monoisotopic (exact) mass is 347 g/mol. The topological polar surface area (TPSA) is 61.8 Å². The van der Waals surface area contributed by atoms with E-state index in [1.807, 2.05) is 31.2 Å². The van der Waals surface area contributed by atoms with E-state index < -0.39 is 0 Å². The third-order valence-electron chi connectivity index (χ3n) is 3.97. The lowest BCUT2D eigenvalue weighted by molar-refractivity contribution is 0.627. The van der Waals surface area contributed by atoms with Gasteiger partial charge in [0.25, 0.3) is 0 Å². The van der Waals surface area contributed by atoms with Gasteiger partial charge in [-0.2, -0.15) is 5.26 Å². The molecule has 0 spiro atoms. The number of nitriles is 1. The largest absolute Gasteiger partial charge is 0.404 e. The maximum Gasteiger partial charge on any atom is 0.123 e. The fourth-order valence-electron chi connectivity index (χ4n) is 2.44. The second kappa shape index (κ2) is 9.24. The van der Waals surface area contributed by atoms with Crippen LogP contribution in [0.1, 0.15) is 17.5 Å². The molecule has 0 saturated heterocycles. The van der Waals surface area contributed by atoms with Crippen LogP contribution < -0.4 is 11.1 Å². The van der Waals surface area contributed by atoms with Crippen LogP contribution in [0.15, 0.2) is 84.2 Å². The lowest BCUT2D eigenvalue weighted by atomic mass is 10.0. The van der Waals surface area contributed by atoms with Crippen molar-refractivity contribution in [3.05, 3.63) is 101 Å². The summed E-state index contributed by atoms with van der Waals surface area (Å²) >= 11 is 0. The molecular weight excluding hydrogens is 325 g/mol. The predicted octanol–water partition coefficient (Wildman–Crippen LogP) is 4.99. The lowest BCUT2D eigenvalue weighted by Crippen LogP contribution is -2.04. The summed E-state index contributed by atoms with van der Waals surface area (Å²) in [6, 6.07) is 16.4. The molecule has 0 amide bonds. The maximum absolute atomic E-state index is 13.1. The molecule has 0 aliphatic carbocycles. The zero-order valence-corrected chi connectivity index (χ0v) is 14.8. The lowest BCUT2D eigenvalue weighted by Gasteiger charge is -2.14. The van der Waals surface area contributed by atoms with Crippen molar-refractivity contribution in [2.24, 2.45) is 5.73 Å². The molecule has 132 valence electrons. The number of anilines is 1. The summed E-state index contributed by atoms with van der Waals surface area (Å²) in [7, 11) is 0. The molecule has 2 rings (SSSR count). The molecule has 0 aromatic heterocycles. The SMILES string of the molecule is C=C(Nc1ccc(C)cc1)/C(=C/C(C#N)=C\N)CCc1ccc(F)cc1. The molecule has 3 nitrogen and oxygen atoms in total. The third-order valence-corrected chi connectivity index (χ3v) is 3.97. The molecule has 0 atom stereocenters. The Hall–Kier alpha value is -3.32. The number of nitrogens with two attached hydrogens (primary N) is 1. The van der Waals surface area contributed by atoms with Gasteiger partial charge in [0.2, 0.25) is 0 Å². The minimum Gasteiger partial charge on any atom is -0.404 e. The number of halogens is 1. The number of benzene rings is 2. The van der Waals surface area contributed by atoms with Crippen molar-refractivity contribution in [2.75, 3.05) is 5.32 Å². The summed E-state index contributed by atoms with van der Waals surface area (Å²) in [5.41, 5.74) is 10.5. The summed E-state index contributed by atoms with van der Waals surface area (Å²) in [6.07, 6.45) is 4.34. The second-order valence-electron chi connectivity index (χ2n) is 6.00. The summed E-state index contributed by atoms with van der Waals surface area (Å²) < 4.78 is 13.1. The number of hydrogen-bond donors (Lipinski definition) is 2. The normalized spacial score (nSPS) is 11.7. The second-order valence-corrected chi connectivity index (χ2v) is 6.00. The summed E-state index contributed by atoms with van der Waals surface area (Å²) in [6.45, 7) is 6.13. The van der Waals surface area contributed by atoms with E-state index in [4.69, 9.17) is 11.0 Å². The van der Waals surface area contributed by atoms with Gasteiger partial charge in [-0.15, -0.1) is 0 Å². The molecule has 2 aromatic carbocycles. The van der Waals surface area contributed by atoms with Gasteiger partial charge < -0.3 is 11.1 Å². The van der Waals surface area contributed by atoms with Crippen LogP contribution in [0, 0.1) is 24.1 Å². The number of nitrogens with zero attached hydrogens (tertiary/aromatic N) is 1. The van der Waals surface area contributed by atoms with Crippen LogP contribution in [0.3, 0.4) is 0 Å². The highest BCUT2D eigenvalue weighted by atomic mass is 19.1. The first-order chi connectivity index (χ1) is 12.5. The van der Waals surface area contributed by atoms with Crippen molar-refractivity contribution in [3.8, 4) is 6.07 Å². The van der Waals surface area contributed by atoms with E-state index in [0.717, 1.165) is 16.8 Å². The quantitative estimate of drug-likeness (QED) is 0.548. The maximum atomic E-state index is 13.1. The van der Waals surface area contributed by atoms with Crippen LogP contribution in [-0.2, 0) is 6.42 Å². The molecule has 0 aliphatic rings. The van der Waals surface area contributed by atoms with E-state index in [1.54, 1.807) is 18.2 Å². The molecule has 4 heteroatoms. The minimum absolute atomic E-state index is 0.257. The molecule has 2 aromatic rings. The molecule has 0 heterocycles. The Morgan fingerprint density at radius 1 is 1.19 bits per heavy atom. The minimum atomic E-state index is -0.257. The molecule has 0 aliphatic heterocycles. The van der Waals surface area contributed by atoms with Gasteiger partial charge in [0, 0.05) is 17.6 Å². The van der Waals surface area contributed by atoms with E-state index in [1.165, 1.54) is 23.9 Å². The summed E-state index contributed by atoms with van der Waals surface area (Å²) in [5.74, 6) is -0.257. The highest BCUT2D eigenvalue weighted by molar-refractivity contribution is 5.54. The van der Waals surface area contributed by atoms with Crippen LogP contribution in [-0.4, -0.2) is 0 Å². The van der Waals surface area contributed by atoms with E-state index in [9.17, 15) is 4.39 Å². The molecule has 0 unspecified atom stereocenters. The molecule has 0 bridgehead atoms. The van der Waals surface area contributed by atoms with Crippen LogP contribution in [0.2, 0.25) is 0 Å². The van der Waals surface area contributed by atoms with Crippen molar-refractivity contribution in [3.63, 3.8) is 0 Å². The van der Waals surface area contributed by atoms with Gasteiger partial charge >= 0.3 is 0 Å². The van der Waals surface area contributed by atoms with E-state index in [0.29, 0.717) is 24.1 Å². The van der Waals surface area contributed by atoms with Crippen LogP contribution >= 0.6 is 0 Å². The average molecular weight is 347 g/mol. The highest BCUT2D eigenvalue weighted by Crippen LogP contribution is 2.21. The number of allylic oxidation sites excluding steroid dienone is 3. The van der Waals surface area contributed by atoms with Gasteiger partial charge in [-0.3, -0.25) is 0 Å². The smallest absolute Gasteiger partial charge is 0.123 e. The average Bonchev–Trinajstić information content (AvgIpc) is 2.65. The Bertz CT molecular complexity index is 854. The van der Waals surface area contributed by atoms with Gasteiger partial charge in [-0.1, -0.05) is 36.4 Å². The molecule has 0 saturated carbocycles. The Kier molecular flexibility index (Phi) is 6.75. The number of aryl methyl sites for hydroxylation is 2. The van der Waals surface area contributed by atoms with E-state index in [-0.39, 0.29) is 5.82 Å². The Morgan fingerprint density at radius 2 is 1.85 bits per heavy atom. The van der Waals surface area contributed by atoms with Crippen molar-refractivity contribution >= 4 is 5.69 Å². The predicted molar refractivity (Wildman–Crippen MR) is 105 cm³/mol. The third kappa shape index (κ3) is 5.64. The molecule has 0 radical (unpaired) electrons. The fraction of sp³-hybridized carbons (Fsp3) is 0.136. The van der Waals surface area contributed by atoms with Gasteiger partial charge in [-0.25, -0.2) is 4.39 Å². The molecule has 0 fully saturated rings. The Labute approximate surface area is 154 Å². The first kappa shape index (κ1) is 19.0. The van der Waals surface area contributed by atoms with Crippen LogP contribution in [0.4, 0.5) is 10.1 Å². The van der Waals surface area contributed by atoms with Crippen molar-refractivity contribution in [2.45, 2.75) is 19.8 Å². The Balaban J connectivity index is 2.17. The van der Waals surface area contributed by atoms with Gasteiger partial charge in [-0.05, 0) is 61.2 Å². The van der Waals surface area contributed by atoms with Gasteiger partial charge in [0.1, 0.15) is 11.9 Å². The van der Waals surface area contributed by atoms with Crippen LogP contribution in [0.5, 0.6) is 0 Å². The molecule has 26 heavy (non-hydrogen) atoms. The van der Waals surface area contributed by atoms with Gasteiger partial charge in [0.15, 0.2) is 0 Å². The summed E-state index contributed by atoms with van der Waals surface area (Å²) in [4.78, 5) is 0. The van der Waals surface area contributed by atoms with E-state index in [2.05, 4.69) is 18.0 Å². The summed E-state index contributed by atoms with van der Waals surface area (Å²) in [5, 5.41) is 12.4. The Morgan fingerprint density at radius 3 is 2.42 bits per heavy atom. The van der Waals surface area contributed by atoms with E-state index >= 15 is 0 Å². The number of hydrogen-bond acceptors (Lipinski definition) is 3. The zero-order chi connectivity index (χ0) is 18.9.